The van der Waals surface area contributed by atoms with Crippen LogP contribution in [0.3, 0.4) is 0 Å². The van der Waals surface area contributed by atoms with E-state index in [1.165, 1.54) is 23.5 Å². The van der Waals surface area contributed by atoms with Gasteiger partial charge in [-0.3, -0.25) is 25.2 Å². The van der Waals surface area contributed by atoms with Gasteiger partial charge in [-0.1, -0.05) is 24.3 Å². The maximum absolute atomic E-state index is 12.3. The Hall–Kier alpha value is -3.49. The lowest BCUT2D eigenvalue weighted by Gasteiger charge is -2.14. The number of ether oxygens (including phenoxy) is 1. The number of hydrogen-bond acceptors (Lipinski definition) is 7. The van der Waals surface area contributed by atoms with Crippen molar-refractivity contribution in [2.75, 3.05) is 11.9 Å². The smallest absolute Gasteiger partial charge is 0.321 e. The van der Waals surface area contributed by atoms with Gasteiger partial charge in [0.1, 0.15) is 5.41 Å². The van der Waals surface area contributed by atoms with Gasteiger partial charge in [-0.2, -0.15) is 0 Å². The van der Waals surface area contributed by atoms with Gasteiger partial charge in [0.25, 0.3) is 11.8 Å². The van der Waals surface area contributed by atoms with E-state index in [0.29, 0.717) is 18.8 Å². The quantitative estimate of drug-likeness (QED) is 0.372. The van der Waals surface area contributed by atoms with Gasteiger partial charge in [-0.25, -0.2) is 9.97 Å². The van der Waals surface area contributed by atoms with Crippen LogP contribution in [0.4, 0.5) is 5.95 Å². The molecule has 9 nitrogen and oxygen atoms in total. The Morgan fingerprint density at radius 1 is 1.07 bits per heavy atom. The van der Waals surface area contributed by atoms with Gasteiger partial charge in [0.2, 0.25) is 5.95 Å². The van der Waals surface area contributed by atoms with Crippen LogP contribution in [0.25, 0.3) is 0 Å². The summed E-state index contributed by atoms with van der Waals surface area (Å²) in [5, 5.41) is 3.28. The number of esters is 1. The van der Waals surface area contributed by atoms with Crippen molar-refractivity contribution in [3.05, 3.63) is 53.3 Å². The van der Waals surface area contributed by atoms with Crippen molar-refractivity contribution in [2.45, 2.75) is 38.6 Å². The van der Waals surface area contributed by atoms with Crippen LogP contribution in [0.5, 0.6) is 0 Å². The first-order chi connectivity index (χ1) is 14.5. The third-order valence-electron chi connectivity index (χ3n) is 5.44. The minimum Gasteiger partial charge on any atom is -0.465 e. The number of benzene rings is 1. The molecule has 0 spiro atoms. The molecule has 3 N–H and O–H groups in total. The number of hydrogen-bond donors (Lipinski definition) is 3. The molecule has 0 radical (unpaired) electrons. The van der Waals surface area contributed by atoms with Crippen molar-refractivity contribution >= 4 is 23.7 Å². The number of aromatic nitrogens is 2. The summed E-state index contributed by atoms with van der Waals surface area (Å²) in [5.41, 5.74) is 6.23. The summed E-state index contributed by atoms with van der Waals surface area (Å²) in [4.78, 5) is 44.8. The predicted octanol–water partition coefficient (Wildman–Crippen LogP) is 1.16. The SMILES string of the molecule is CCOC(=O)C1(C(=O)NNC(=O)c2cnc(NC3Cc4ccccc4C3)nc2)CC1. The molecule has 30 heavy (non-hydrogen) atoms. The number of fused-ring (bicyclic) bond motifs is 1. The standard InChI is InChI=1S/C21H23N5O4/c1-2-30-19(29)21(7-8-21)18(28)26-25-17(27)15-11-22-20(23-12-15)24-16-9-13-5-3-4-6-14(13)10-16/h3-6,11-12,16H,2,7-10H2,1H3,(H,25,27)(H,26,28)(H,22,23,24). The average molecular weight is 409 g/mol. The van der Waals surface area contributed by atoms with E-state index in [2.05, 4.69) is 38.3 Å². The number of hydrazine groups is 1. The lowest BCUT2D eigenvalue weighted by molar-refractivity contribution is -0.154. The van der Waals surface area contributed by atoms with E-state index in [1.807, 2.05) is 12.1 Å². The Morgan fingerprint density at radius 2 is 1.70 bits per heavy atom. The first-order valence-electron chi connectivity index (χ1n) is 9.95. The summed E-state index contributed by atoms with van der Waals surface area (Å²) in [6.07, 6.45) is 5.38. The van der Waals surface area contributed by atoms with E-state index in [-0.39, 0.29) is 18.2 Å². The maximum Gasteiger partial charge on any atom is 0.321 e. The number of nitrogens with zero attached hydrogens (tertiary/aromatic N) is 2. The number of anilines is 1. The summed E-state index contributed by atoms with van der Waals surface area (Å²) < 4.78 is 4.93. The van der Waals surface area contributed by atoms with Gasteiger partial charge in [-0.05, 0) is 43.7 Å². The molecule has 0 aliphatic heterocycles. The molecule has 2 aliphatic rings. The molecule has 1 aromatic carbocycles. The largest absolute Gasteiger partial charge is 0.465 e. The van der Waals surface area contributed by atoms with Crippen LogP contribution in [-0.2, 0) is 27.2 Å². The molecule has 2 aliphatic carbocycles. The first kappa shape index (κ1) is 19.8. The van der Waals surface area contributed by atoms with Gasteiger partial charge in [0.15, 0.2) is 0 Å². The molecule has 0 unspecified atom stereocenters. The van der Waals surface area contributed by atoms with Crippen LogP contribution >= 0.6 is 0 Å². The second-order valence-electron chi connectivity index (χ2n) is 7.52. The Morgan fingerprint density at radius 3 is 2.27 bits per heavy atom. The Kier molecular flexibility index (Phi) is 5.35. The predicted molar refractivity (Wildman–Crippen MR) is 107 cm³/mol. The summed E-state index contributed by atoms with van der Waals surface area (Å²) in [5.74, 6) is -1.27. The Balaban J connectivity index is 1.28. The molecule has 0 atom stereocenters. The van der Waals surface area contributed by atoms with Crippen LogP contribution < -0.4 is 16.2 Å². The fourth-order valence-electron chi connectivity index (χ4n) is 3.59. The monoisotopic (exact) mass is 409 g/mol. The van der Waals surface area contributed by atoms with Crippen LogP contribution in [0, 0.1) is 5.41 Å². The van der Waals surface area contributed by atoms with Gasteiger partial charge < -0.3 is 10.1 Å². The second kappa shape index (κ2) is 8.10. The number of amides is 2. The molecule has 1 saturated carbocycles. The molecule has 9 heteroatoms. The molecule has 156 valence electrons. The van der Waals surface area contributed by atoms with Crippen LogP contribution in [0.15, 0.2) is 36.7 Å². The third-order valence-corrected chi connectivity index (χ3v) is 5.44. The fourth-order valence-corrected chi connectivity index (χ4v) is 3.59. The lowest BCUT2D eigenvalue weighted by Crippen LogP contribution is -2.47. The van der Waals surface area contributed by atoms with Crippen LogP contribution in [-0.4, -0.2) is 40.4 Å². The molecule has 1 fully saturated rings. The topological polar surface area (TPSA) is 122 Å². The van der Waals surface area contributed by atoms with Gasteiger partial charge in [0, 0.05) is 18.4 Å². The Labute approximate surface area is 173 Å². The molecule has 2 amide bonds. The first-order valence-corrected chi connectivity index (χ1v) is 9.95. The van der Waals surface area contributed by atoms with Gasteiger partial charge >= 0.3 is 5.97 Å². The highest BCUT2D eigenvalue weighted by Gasteiger charge is 2.58. The second-order valence-corrected chi connectivity index (χ2v) is 7.52. The van der Waals surface area contributed by atoms with E-state index in [9.17, 15) is 14.4 Å². The van der Waals surface area contributed by atoms with Gasteiger partial charge in [0.05, 0.1) is 12.2 Å². The molecule has 4 rings (SSSR count). The fraction of sp³-hybridized carbons (Fsp3) is 0.381. The highest BCUT2D eigenvalue weighted by molar-refractivity contribution is 6.06. The summed E-state index contributed by atoms with van der Waals surface area (Å²) in [6.45, 7) is 1.88. The maximum atomic E-state index is 12.3. The molecule has 0 saturated heterocycles. The number of rotatable bonds is 6. The highest BCUT2D eigenvalue weighted by atomic mass is 16.5. The summed E-state index contributed by atoms with van der Waals surface area (Å²) in [7, 11) is 0. The van der Waals surface area contributed by atoms with Crippen molar-refractivity contribution in [1.82, 2.24) is 20.8 Å². The molecular weight excluding hydrogens is 386 g/mol. The van der Waals surface area contributed by atoms with Crippen molar-refractivity contribution in [3.8, 4) is 0 Å². The summed E-state index contributed by atoms with van der Waals surface area (Å²) >= 11 is 0. The van der Waals surface area contributed by atoms with Gasteiger partial charge in [-0.15, -0.1) is 0 Å². The molecule has 0 bridgehead atoms. The van der Waals surface area contributed by atoms with Crippen LogP contribution in [0.2, 0.25) is 0 Å². The zero-order valence-electron chi connectivity index (χ0n) is 16.6. The van der Waals surface area contributed by atoms with Crippen molar-refractivity contribution in [3.63, 3.8) is 0 Å². The summed E-state index contributed by atoms with van der Waals surface area (Å²) in [6, 6.07) is 8.50. The average Bonchev–Trinajstić information content (AvgIpc) is 3.47. The third kappa shape index (κ3) is 3.96. The van der Waals surface area contributed by atoms with Crippen molar-refractivity contribution in [1.29, 1.82) is 0 Å². The molecule has 2 aromatic rings. The van der Waals surface area contributed by atoms with E-state index in [4.69, 9.17) is 4.74 Å². The number of carbonyl (C=O) groups excluding carboxylic acids is 3. The molecule has 1 heterocycles. The van der Waals surface area contributed by atoms with E-state index < -0.39 is 23.2 Å². The van der Waals surface area contributed by atoms with Crippen molar-refractivity contribution in [2.24, 2.45) is 5.41 Å². The molecular formula is C21H23N5O4. The number of carbonyl (C=O) groups is 3. The van der Waals surface area contributed by atoms with Crippen LogP contribution in [0.1, 0.15) is 41.3 Å². The van der Waals surface area contributed by atoms with E-state index >= 15 is 0 Å². The zero-order chi connectivity index (χ0) is 21.1. The van der Waals surface area contributed by atoms with Crippen molar-refractivity contribution < 1.29 is 19.1 Å². The zero-order valence-corrected chi connectivity index (χ0v) is 16.6. The lowest BCUT2D eigenvalue weighted by atomic mass is 10.1. The number of nitrogens with one attached hydrogen (secondary N) is 3. The Bertz CT molecular complexity index is 947. The minimum absolute atomic E-state index is 0.191. The van der Waals surface area contributed by atoms with E-state index in [0.717, 1.165) is 12.8 Å². The van der Waals surface area contributed by atoms with E-state index in [1.54, 1.807) is 6.92 Å². The highest BCUT2D eigenvalue weighted by Crippen LogP contribution is 2.46. The molecule has 1 aromatic heterocycles. The normalized spacial score (nSPS) is 16.3. The minimum atomic E-state index is -1.19.